The highest BCUT2D eigenvalue weighted by Gasteiger charge is 2.15. The normalized spacial score (nSPS) is 10.5. The molecule has 0 atom stereocenters. The predicted molar refractivity (Wildman–Crippen MR) is 107 cm³/mol. The maximum atomic E-state index is 12.6. The monoisotopic (exact) mass is 402 g/mol. The molecular weight excluding hydrogens is 384 g/mol. The molecule has 0 aliphatic rings. The first-order valence-corrected chi connectivity index (χ1v) is 8.86. The van der Waals surface area contributed by atoms with Gasteiger partial charge in [-0.2, -0.15) is 0 Å². The third-order valence-electron chi connectivity index (χ3n) is 4.06. The number of aromatic nitrogens is 1. The zero-order chi connectivity index (χ0) is 20.1. The number of pyridine rings is 1. The molecule has 8 heteroatoms. The number of nitrogens with one attached hydrogen (secondary N) is 2. The van der Waals surface area contributed by atoms with E-state index in [1.54, 1.807) is 36.4 Å². The van der Waals surface area contributed by atoms with Crippen molar-refractivity contribution in [1.29, 1.82) is 0 Å². The number of rotatable bonds is 7. The van der Waals surface area contributed by atoms with E-state index >= 15 is 0 Å². The number of carbonyl (C=O) groups excluding carboxylic acids is 1. The van der Waals surface area contributed by atoms with Crippen molar-refractivity contribution in [3.63, 3.8) is 0 Å². The second-order valence-electron chi connectivity index (χ2n) is 5.83. The van der Waals surface area contributed by atoms with Crippen LogP contribution in [0.4, 0.5) is 0 Å². The van der Waals surface area contributed by atoms with E-state index in [9.17, 15) is 9.59 Å². The molecule has 0 unspecified atom stereocenters. The fourth-order valence-corrected chi connectivity index (χ4v) is 2.98. The average molecular weight is 403 g/mol. The van der Waals surface area contributed by atoms with Gasteiger partial charge in [-0.1, -0.05) is 17.7 Å². The molecule has 1 amide bonds. The summed E-state index contributed by atoms with van der Waals surface area (Å²) in [6, 6.07) is 11.5. The van der Waals surface area contributed by atoms with E-state index in [0.717, 1.165) is 0 Å². The number of carbonyl (C=O) groups is 1. The number of fused-ring (bicyclic) bond motifs is 1. The zero-order valence-electron chi connectivity index (χ0n) is 15.4. The maximum absolute atomic E-state index is 12.6. The topological polar surface area (TPSA) is 89.6 Å². The highest BCUT2D eigenvalue weighted by Crippen LogP contribution is 2.30. The van der Waals surface area contributed by atoms with Gasteiger partial charge in [0.15, 0.2) is 11.5 Å². The first-order valence-electron chi connectivity index (χ1n) is 8.48. The molecule has 146 valence electrons. The predicted octanol–water partition coefficient (Wildman–Crippen LogP) is 3.01. The molecule has 2 aromatic carbocycles. The van der Waals surface area contributed by atoms with Crippen molar-refractivity contribution < 1.29 is 19.0 Å². The zero-order valence-corrected chi connectivity index (χ0v) is 16.1. The highest BCUT2D eigenvalue weighted by atomic mass is 35.5. The Labute approximate surface area is 166 Å². The quantitative estimate of drug-likeness (QED) is 0.593. The highest BCUT2D eigenvalue weighted by molar-refractivity contribution is 6.30. The minimum absolute atomic E-state index is 0.195. The van der Waals surface area contributed by atoms with Crippen LogP contribution in [-0.4, -0.2) is 38.3 Å². The van der Waals surface area contributed by atoms with Gasteiger partial charge in [0, 0.05) is 17.2 Å². The lowest BCUT2D eigenvalue weighted by atomic mass is 10.1. The van der Waals surface area contributed by atoms with Crippen molar-refractivity contribution in [1.82, 2.24) is 10.3 Å². The molecule has 1 aromatic heterocycles. The number of hydrogen-bond donors (Lipinski definition) is 2. The minimum atomic E-state index is -0.401. The van der Waals surface area contributed by atoms with E-state index in [0.29, 0.717) is 33.2 Å². The van der Waals surface area contributed by atoms with Crippen molar-refractivity contribution in [2.75, 3.05) is 27.4 Å². The molecule has 28 heavy (non-hydrogen) atoms. The van der Waals surface area contributed by atoms with Crippen molar-refractivity contribution in [3.8, 4) is 17.2 Å². The summed E-state index contributed by atoms with van der Waals surface area (Å²) in [5.41, 5.74) is 0.388. The number of methoxy groups -OCH3 is 2. The third kappa shape index (κ3) is 4.20. The van der Waals surface area contributed by atoms with E-state index < -0.39 is 5.91 Å². The summed E-state index contributed by atoms with van der Waals surface area (Å²) < 4.78 is 16.2. The lowest BCUT2D eigenvalue weighted by Gasteiger charge is -2.13. The molecule has 0 saturated heterocycles. The summed E-state index contributed by atoms with van der Waals surface area (Å²) in [6.45, 7) is 0.415. The molecular formula is C20H19ClN2O5. The summed E-state index contributed by atoms with van der Waals surface area (Å²) in [4.78, 5) is 27.2. The fourth-order valence-electron chi connectivity index (χ4n) is 2.82. The lowest BCUT2D eigenvalue weighted by Crippen LogP contribution is -2.29. The smallest absolute Gasteiger partial charge is 0.252 e. The number of hydrogen-bond acceptors (Lipinski definition) is 5. The van der Waals surface area contributed by atoms with Crippen LogP contribution in [0.2, 0.25) is 5.02 Å². The number of amides is 1. The minimum Gasteiger partial charge on any atom is -0.496 e. The van der Waals surface area contributed by atoms with Gasteiger partial charge in [0.1, 0.15) is 12.4 Å². The van der Waals surface area contributed by atoms with Crippen molar-refractivity contribution in [3.05, 3.63) is 63.4 Å². The molecule has 0 radical (unpaired) electrons. The Kier molecular flexibility index (Phi) is 6.06. The standard InChI is InChI=1S/C20H19ClN2O5/c1-26-15-7-6-12(21)10-17(15)28-9-8-22-20(25)13-11-18(24)23-14-4-3-5-16(27-2)19(13)14/h3-7,10-11H,8-9H2,1-2H3,(H,22,25)(H,23,24). The lowest BCUT2D eigenvalue weighted by molar-refractivity contribution is 0.0948. The summed E-state index contributed by atoms with van der Waals surface area (Å²) in [5, 5.41) is 3.80. The van der Waals surface area contributed by atoms with Gasteiger partial charge >= 0.3 is 0 Å². The number of H-pyrrole nitrogens is 1. The fraction of sp³-hybridized carbons (Fsp3) is 0.200. The summed E-state index contributed by atoms with van der Waals surface area (Å²) in [7, 11) is 3.04. The van der Waals surface area contributed by atoms with Gasteiger partial charge in [-0.05, 0) is 24.3 Å². The molecule has 0 aliphatic heterocycles. The largest absolute Gasteiger partial charge is 0.496 e. The Morgan fingerprint density at radius 2 is 1.86 bits per heavy atom. The number of halogens is 1. The average Bonchev–Trinajstić information content (AvgIpc) is 2.69. The van der Waals surface area contributed by atoms with Crippen LogP contribution >= 0.6 is 11.6 Å². The molecule has 0 fully saturated rings. The van der Waals surface area contributed by atoms with Crippen molar-refractivity contribution in [2.45, 2.75) is 0 Å². The molecule has 0 spiro atoms. The third-order valence-corrected chi connectivity index (χ3v) is 4.30. The Bertz CT molecular complexity index is 1060. The van der Waals surface area contributed by atoms with Crippen LogP contribution in [0.25, 0.3) is 10.9 Å². The number of ether oxygens (including phenoxy) is 3. The molecule has 3 aromatic rings. The molecule has 7 nitrogen and oxygen atoms in total. The van der Waals surface area contributed by atoms with E-state index in [4.69, 9.17) is 25.8 Å². The Hall–Kier alpha value is -3.19. The maximum Gasteiger partial charge on any atom is 0.252 e. The Morgan fingerprint density at radius 1 is 1.07 bits per heavy atom. The molecule has 2 N–H and O–H groups in total. The van der Waals surface area contributed by atoms with Crippen LogP contribution in [0.3, 0.4) is 0 Å². The van der Waals surface area contributed by atoms with E-state index in [2.05, 4.69) is 10.3 Å². The SMILES string of the molecule is COc1ccc(Cl)cc1OCCNC(=O)c1cc(=O)[nH]c2cccc(OC)c12. The van der Waals surface area contributed by atoms with Crippen LogP contribution in [0.5, 0.6) is 17.2 Å². The van der Waals surface area contributed by atoms with Crippen LogP contribution in [0.15, 0.2) is 47.3 Å². The van der Waals surface area contributed by atoms with Crippen molar-refractivity contribution in [2.24, 2.45) is 0 Å². The number of benzene rings is 2. The molecule has 0 bridgehead atoms. The van der Waals surface area contributed by atoms with Gasteiger partial charge in [-0.25, -0.2) is 0 Å². The molecule has 0 aliphatic carbocycles. The van der Waals surface area contributed by atoms with E-state index in [1.165, 1.54) is 20.3 Å². The van der Waals surface area contributed by atoms with Gasteiger partial charge in [-0.3, -0.25) is 9.59 Å². The van der Waals surface area contributed by atoms with Gasteiger partial charge in [-0.15, -0.1) is 0 Å². The summed E-state index contributed by atoms with van der Waals surface area (Å²) >= 11 is 5.97. The van der Waals surface area contributed by atoms with Crippen LogP contribution in [-0.2, 0) is 0 Å². The molecule has 1 heterocycles. The molecule has 3 rings (SSSR count). The van der Waals surface area contributed by atoms with Crippen molar-refractivity contribution >= 4 is 28.4 Å². The second-order valence-corrected chi connectivity index (χ2v) is 6.27. The number of aromatic amines is 1. The van der Waals surface area contributed by atoms with Gasteiger partial charge in [0.05, 0.1) is 37.2 Å². The first kappa shape index (κ1) is 19.6. The van der Waals surface area contributed by atoms with Crippen LogP contribution in [0, 0.1) is 0 Å². The van der Waals surface area contributed by atoms with Gasteiger partial charge in [0.25, 0.3) is 5.91 Å². The summed E-state index contributed by atoms with van der Waals surface area (Å²) in [5.74, 6) is 1.12. The van der Waals surface area contributed by atoms with Gasteiger partial charge < -0.3 is 24.5 Å². The summed E-state index contributed by atoms with van der Waals surface area (Å²) in [6.07, 6.45) is 0. The molecule has 0 saturated carbocycles. The van der Waals surface area contributed by atoms with Crippen LogP contribution < -0.4 is 25.1 Å². The first-order chi connectivity index (χ1) is 13.5. The van der Waals surface area contributed by atoms with Crippen LogP contribution in [0.1, 0.15) is 10.4 Å². The van der Waals surface area contributed by atoms with E-state index in [1.807, 2.05) is 0 Å². The Morgan fingerprint density at radius 3 is 2.61 bits per heavy atom. The second kappa shape index (κ2) is 8.67. The van der Waals surface area contributed by atoms with E-state index in [-0.39, 0.29) is 24.3 Å². The Balaban J connectivity index is 1.72. The van der Waals surface area contributed by atoms with Gasteiger partial charge in [0.2, 0.25) is 5.56 Å².